The number of rotatable bonds is 5. The van der Waals surface area contributed by atoms with E-state index >= 15 is 0 Å². The summed E-state index contributed by atoms with van der Waals surface area (Å²) in [4.78, 5) is 11.5. The Morgan fingerprint density at radius 1 is 1.00 bits per heavy atom. The number of carbonyl (C=O) groups is 1. The highest BCUT2D eigenvalue weighted by Gasteiger charge is 2.26. The number of amides is 1. The molecule has 3 nitrogen and oxygen atoms in total. The molecule has 2 rings (SSSR count). The monoisotopic (exact) mass is 293 g/mol. The van der Waals surface area contributed by atoms with Crippen molar-refractivity contribution >= 4 is 6.09 Å². The van der Waals surface area contributed by atoms with E-state index < -0.39 is 0 Å². The van der Waals surface area contributed by atoms with Crippen LogP contribution < -0.4 is 5.32 Å². The maximum absolute atomic E-state index is 11.5. The molecule has 3 heteroatoms. The maximum Gasteiger partial charge on any atom is 0.407 e. The molecule has 1 amide bonds. The Hall–Kier alpha value is -0.730. The van der Waals surface area contributed by atoms with Crippen LogP contribution in [0, 0.1) is 31.6 Å². The molecule has 2 radical (unpaired) electrons. The van der Waals surface area contributed by atoms with Gasteiger partial charge in [-0.1, -0.05) is 32.6 Å². The van der Waals surface area contributed by atoms with E-state index in [1.807, 2.05) is 0 Å². The van der Waals surface area contributed by atoms with E-state index in [4.69, 9.17) is 4.74 Å². The first-order chi connectivity index (χ1) is 10.2. The lowest BCUT2D eigenvalue weighted by Gasteiger charge is -2.33. The SMILES string of the molecule is [CH2]CCOC(=O)NC1CCC(CC2CCC([CH2])CC2)CC1. The van der Waals surface area contributed by atoms with Gasteiger partial charge in [-0.2, -0.15) is 0 Å². The van der Waals surface area contributed by atoms with Crippen LogP contribution in [0.25, 0.3) is 0 Å². The van der Waals surface area contributed by atoms with Gasteiger partial charge in [0.15, 0.2) is 0 Å². The summed E-state index contributed by atoms with van der Waals surface area (Å²) in [5.74, 6) is 2.50. The summed E-state index contributed by atoms with van der Waals surface area (Å²) in [5.41, 5.74) is 0. The lowest BCUT2D eigenvalue weighted by atomic mass is 9.75. The van der Waals surface area contributed by atoms with Gasteiger partial charge in [-0.25, -0.2) is 4.79 Å². The molecule has 0 spiro atoms. The molecule has 0 aliphatic heterocycles. The molecule has 21 heavy (non-hydrogen) atoms. The van der Waals surface area contributed by atoms with Crippen LogP contribution in [0.5, 0.6) is 0 Å². The molecular weight excluding hydrogens is 262 g/mol. The molecule has 0 aromatic carbocycles. The minimum atomic E-state index is -0.268. The first kappa shape index (κ1) is 16.6. The molecule has 0 bridgehead atoms. The van der Waals surface area contributed by atoms with Crippen molar-refractivity contribution in [3.05, 3.63) is 13.8 Å². The third-order valence-corrected chi connectivity index (χ3v) is 5.18. The highest BCUT2D eigenvalue weighted by atomic mass is 16.5. The van der Waals surface area contributed by atoms with Gasteiger partial charge in [-0.15, -0.1) is 0 Å². The Morgan fingerprint density at radius 2 is 1.57 bits per heavy atom. The van der Waals surface area contributed by atoms with E-state index in [9.17, 15) is 4.79 Å². The second-order valence-corrected chi connectivity index (χ2v) is 6.97. The lowest BCUT2D eigenvalue weighted by Crippen LogP contribution is -2.38. The predicted molar refractivity (Wildman–Crippen MR) is 85.6 cm³/mol. The fourth-order valence-corrected chi connectivity index (χ4v) is 3.85. The highest BCUT2D eigenvalue weighted by Crippen LogP contribution is 2.36. The van der Waals surface area contributed by atoms with Crippen LogP contribution in [0.4, 0.5) is 4.79 Å². The van der Waals surface area contributed by atoms with Gasteiger partial charge in [0.1, 0.15) is 0 Å². The lowest BCUT2D eigenvalue weighted by molar-refractivity contribution is 0.137. The van der Waals surface area contributed by atoms with Gasteiger partial charge in [-0.3, -0.25) is 0 Å². The summed E-state index contributed by atoms with van der Waals surface area (Å²) >= 11 is 0. The third-order valence-electron chi connectivity index (χ3n) is 5.18. The standard InChI is InChI=1S/C18H31NO2/c1-3-12-21-18(20)19-17-10-8-16(9-11-17)13-15-6-4-14(2)5-7-15/h14-17H,1-13H2,(H,19,20). The van der Waals surface area contributed by atoms with E-state index in [1.54, 1.807) is 0 Å². The van der Waals surface area contributed by atoms with Gasteiger partial charge >= 0.3 is 6.09 Å². The van der Waals surface area contributed by atoms with Gasteiger partial charge < -0.3 is 10.1 Å². The van der Waals surface area contributed by atoms with Gasteiger partial charge in [0, 0.05) is 6.04 Å². The van der Waals surface area contributed by atoms with Crippen molar-refractivity contribution in [1.82, 2.24) is 5.32 Å². The molecule has 2 saturated carbocycles. The van der Waals surface area contributed by atoms with E-state index in [2.05, 4.69) is 19.2 Å². The van der Waals surface area contributed by atoms with Crippen LogP contribution in [0.2, 0.25) is 0 Å². The molecule has 0 aromatic rings. The maximum atomic E-state index is 11.5. The molecule has 2 aliphatic rings. The minimum Gasteiger partial charge on any atom is -0.450 e. The largest absolute Gasteiger partial charge is 0.450 e. The van der Waals surface area contributed by atoms with Gasteiger partial charge in [0.2, 0.25) is 0 Å². The Kier molecular flexibility index (Phi) is 6.85. The molecule has 0 unspecified atom stereocenters. The van der Waals surface area contributed by atoms with E-state index in [-0.39, 0.29) is 6.09 Å². The van der Waals surface area contributed by atoms with Crippen LogP contribution in [0.3, 0.4) is 0 Å². The number of carbonyl (C=O) groups excluding carboxylic acids is 1. The minimum absolute atomic E-state index is 0.268. The molecule has 0 heterocycles. The van der Waals surface area contributed by atoms with Crippen molar-refractivity contribution in [1.29, 1.82) is 0 Å². The average Bonchev–Trinajstić information content (AvgIpc) is 2.49. The van der Waals surface area contributed by atoms with E-state index in [1.165, 1.54) is 44.9 Å². The van der Waals surface area contributed by atoms with Crippen LogP contribution in [-0.2, 0) is 4.74 Å². The number of alkyl carbamates (subject to hydrolysis) is 1. The quantitative estimate of drug-likeness (QED) is 0.809. The second kappa shape index (κ2) is 8.65. The van der Waals surface area contributed by atoms with Crippen molar-refractivity contribution in [2.45, 2.75) is 70.3 Å². The molecule has 0 atom stereocenters. The molecule has 120 valence electrons. The zero-order valence-corrected chi connectivity index (χ0v) is 13.3. The predicted octanol–water partition coefficient (Wildman–Crippen LogP) is 4.53. The topological polar surface area (TPSA) is 38.3 Å². The summed E-state index contributed by atoms with van der Waals surface area (Å²) in [6.07, 6.45) is 11.9. The number of hydrogen-bond acceptors (Lipinski definition) is 2. The van der Waals surface area contributed by atoms with Crippen LogP contribution in [-0.4, -0.2) is 18.7 Å². The van der Waals surface area contributed by atoms with Crippen molar-refractivity contribution in [2.75, 3.05) is 6.61 Å². The van der Waals surface area contributed by atoms with Crippen molar-refractivity contribution in [3.8, 4) is 0 Å². The summed E-state index contributed by atoms with van der Waals surface area (Å²) in [6.45, 7) is 8.26. The zero-order chi connectivity index (χ0) is 15.1. The molecule has 2 fully saturated rings. The van der Waals surface area contributed by atoms with Crippen molar-refractivity contribution < 1.29 is 9.53 Å². The second-order valence-electron chi connectivity index (χ2n) is 6.97. The number of hydrogen-bond donors (Lipinski definition) is 1. The molecular formula is C18H31NO2. The van der Waals surface area contributed by atoms with Crippen LogP contribution >= 0.6 is 0 Å². The van der Waals surface area contributed by atoms with Gasteiger partial charge in [0.05, 0.1) is 6.61 Å². The number of nitrogens with one attached hydrogen (secondary N) is 1. The molecule has 0 saturated heterocycles. The Morgan fingerprint density at radius 3 is 2.14 bits per heavy atom. The average molecular weight is 293 g/mol. The summed E-state index contributed by atoms with van der Waals surface area (Å²) in [6, 6.07) is 0.314. The highest BCUT2D eigenvalue weighted by molar-refractivity contribution is 5.67. The van der Waals surface area contributed by atoms with Gasteiger partial charge in [-0.05, 0) is 63.2 Å². The third kappa shape index (κ3) is 5.88. The summed E-state index contributed by atoms with van der Waals surface area (Å²) in [5, 5.41) is 2.99. The normalized spacial score (nSPS) is 33.4. The number of ether oxygens (including phenoxy) is 1. The van der Waals surface area contributed by atoms with Crippen molar-refractivity contribution in [3.63, 3.8) is 0 Å². The Labute approximate surface area is 130 Å². The van der Waals surface area contributed by atoms with Gasteiger partial charge in [0.25, 0.3) is 0 Å². The molecule has 1 N–H and O–H groups in total. The zero-order valence-electron chi connectivity index (χ0n) is 13.3. The summed E-state index contributed by atoms with van der Waals surface area (Å²) < 4.78 is 5.03. The van der Waals surface area contributed by atoms with Crippen LogP contribution in [0.1, 0.15) is 64.2 Å². The van der Waals surface area contributed by atoms with E-state index in [0.717, 1.165) is 24.7 Å². The van der Waals surface area contributed by atoms with Crippen LogP contribution in [0.15, 0.2) is 0 Å². The fraction of sp³-hybridized carbons (Fsp3) is 0.833. The Balaban J connectivity index is 1.60. The summed E-state index contributed by atoms with van der Waals surface area (Å²) in [7, 11) is 0. The first-order valence-corrected chi connectivity index (χ1v) is 8.73. The first-order valence-electron chi connectivity index (χ1n) is 8.73. The smallest absolute Gasteiger partial charge is 0.407 e. The molecule has 2 aliphatic carbocycles. The van der Waals surface area contributed by atoms with E-state index in [0.29, 0.717) is 25.0 Å². The Bertz CT molecular complexity index is 302. The fourth-order valence-electron chi connectivity index (χ4n) is 3.85. The molecule has 0 aromatic heterocycles. The van der Waals surface area contributed by atoms with Crippen molar-refractivity contribution in [2.24, 2.45) is 17.8 Å².